The summed E-state index contributed by atoms with van der Waals surface area (Å²) in [4.78, 5) is 6.83. The van der Waals surface area contributed by atoms with Crippen molar-refractivity contribution in [3.63, 3.8) is 0 Å². The average Bonchev–Trinajstić information content (AvgIpc) is 3.12. The molecule has 0 amide bonds. The molecule has 6 heteroatoms. The van der Waals surface area contributed by atoms with E-state index in [0.717, 1.165) is 54.5 Å². The molecule has 1 aromatic carbocycles. The van der Waals surface area contributed by atoms with Gasteiger partial charge < -0.3 is 10.2 Å². The van der Waals surface area contributed by atoms with Crippen LogP contribution in [0.3, 0.4) is 0 Å². The highest BCUT2D eigenvalue weighted by Gasteiger charge is 2.18. The highest BCUT2D eigenvalue weighted by atomic mass is 19.1. The first-order valence-electron chi connectivity index (χ1n) is 8.04. The highest BCUT2D eigenvalue weighted by Crippen LogP contribution is 2.30. The van der Waals surface area contributed by atoms with Crippen molar-refractivity contribution < 1.29 is 4.39 Å². The molecule has 0 spiro atoms. The number of H-pyrrole nitrogens is 1. The van der Waals surface area contributed by atoms with Crippen LogP contribution in [0.5, 0.6) is 0 Å². The van der Waals surface area contributed by atoms with Gasteiger partial charge in [0.25, 0.3) is 0 Å². The van der Waals surface area contributed by atoms with E-state index in [1.807, 2.05) is 24.3 Å². The zero-order valence-electron chi connectivity index (χ0n) is 13.2. The van der Waals surface area contributed by atoms with Crippen LogP contribution in [-0.2, 0) is 0 Å². The van der Waals surface area contributed by atoms with Crippen molar-refractivity contribution in [1.29, 1.82) is 0 Å². The maximum absolute atomic E-state index is 13.4. The van der Waals surface area contributed by atoms with Gasteiger partial charge in [0.05, 0.1) is 11.4 Å². The fourth-order valence-corrected chi connectivity index (χ4v) is 2.99. The van der Waals surface area contributed by atoms with Crippen molar-refractivity contribution in [3.05, 3.63) is 54.5 Å². The Labute approximate surface area is 139 Å². The Balaban J connectivity index is 1.70. The van der Waals surface area contributed by atoms with Crippen LogP contribution in [0, 0.1) is 5.82 Å². The van der Waals surface area contributed by atoms with Gasteiger partial charge >= 0.3 is 0 Å². The van der Waals surface area contributed by atoms with E-state index in [-0.39, 0.29) is 5.82 Å². The SMILES string of the molecule is Fc1cccc(-c2cc(-c3cccnc3N3CCNCC3)n[nH]2)c1. The van der Waals surface area contributed by atoms with Gasteiger partial charge in [-0.2, -0.15) is 5.10 Å². The van der Waals surface area contributed by atoms with E-state index in [2.05, 4.69) is 25.4 Å². The number of hydrogen-bond acceptors (Lipinski definition) is 4. The van der Waals surface area contributed by atoms with Crippen molar-refractivity contribution in [2.75, 3.05) is 31.1 Å². The number of nitrogens with one attached hydrogen (secondary N) is 2. The Bertz CT molecular complexity index is 839. The van der Waals surface area contributed by atoms with Crippen LogP contribution >= 0.6 is 0 Å². The van der Waals surface area contributed by atoms with E-state index in [0.29, 0.717) is 0 Å². The van der Waals surface area contributed by atoms with Gasteiger partial charge in [0.1, 0.15) is 11.6 Å². The summed E-state index contributed by atoms with van der Waals surface area (Å²) in [6.45, 7) is 3.74. The van der Waals surface area contributed by atoms with Crippen LogP contribution in [0.4, 0.5) is 10.2 Å². The Morgan fingerprint density at radius 3 is 2.75 bits per heavy atom. The molecule has 1 fully saturated rings. The summed E-state index contributed by atoms with van der Waals surface area (Å²) in [7, 11) is 0. The molecule has 0 radical (unpaired) electrons. The van der Waals surface area contributed by atoms with Gasteiger partial charge in [-0.05, 0) is 30.3 Å². The van der Waals surface area contributed by atoms with E-state index in [1.165, 1.54) is 12.1 Å². The van der Waals surface area contributed by atoms with E-state index in [9.17, 15) is 4.39 Å². The molecule has 24 heavy (non-hydrogen) atoms. The number of anilines is 1. The lowest BCUT2D eigenvalue weighted by Gasteiger charge is -2.29. The molecule has 2 aromatic heterocycles. The molecule has 0 atom stereocenters. The predicted octanol–water partition coefficient (Wildman–Crippen LogP) is 2.69. The van der Waals surface area contributed by atoms with Crippen molar-refractivity contribution in [2.24, 2.45) is 0 Å². The Hall–Kier alpha value is -2.73. The summed E-state index contributed by atoms with van der Waals surface area (Å²) >= 11 is 0. The first-order chi connectivity index (χ1) is 11.8. The first-order valence-corrected chi connectivity index (χ1v) is 8.04. The first kappa shape index (κ1) is 14.8. The monoisotopic (exact) mass is 323 g/mol. The quantitative estimate of drug-likeness (QED) is 0.778. The largest absolute Gasteiger partial charge is 0.354 e. The molecule has 5 nitrogen and oxygen atoms in total. The zero-order chi connectivity index (χ0) is 16.4. The minimum atomic E-state index is -0.258. The second-order valence-corrected chi connectivity index (χ2v) is 5.79. The standard InChI is InChI=1S/C18H18FN5/c19-14-4-1-3-13(11-14)16-12-17(23-22-16)15-5-2-6-21-18(15)24-9-7-20-8-10-24/h1-6,11-12,20H,7-10H2,(H,22,23). The van der Waals surface area contributed by atoms with Crippen LogP contribution in [-0.4, -0.2) is 41.4 Å². The number of aromatic amines is 1. The predicted molar refractivity (Wildman–Crippen MR) is 92.3 cm³/mol. The van der Waals surface area contributed by atoms with Crippen LogP contribution in [0.1, 0.15) is 0 Å². The topological polar surface area (TPSA) is 56.8 Å². The van der Waals surface area contributed by atoms with Gasteiger partial charge in [0.2, 0.25) is 0 Å². The summed E-state index contributed by atoms with van der Waals surface area (Å²) in [6, 6.07) is 12.4. The Kier molecular flexibility index (Phi) is 3.96. The van der Waals surface area contributed by atoms with E-state index in [4.69, 9.17) is 0 Å². The van der Waals surface area contributed by atoms with Crippen LogP contribution in [0.15, 0.2) is 48.7 Å². The summed E-state index contributed by atoms with van der Waals surface area (Å²) in [5, 5.41) is 10.8. The third-order valence-electron chi connectivity index (χ3n) is 4.19. The Morgan fingerprint density at radius 2 is 1.92 bits per heavy atom. The van der Waals surface area contributed by atoms with E-state index in [1.54, 1.807) is 12.3 Å². The smallest absolute Gasteiger partial charge is 0.138 e. The van der Waals surface area contributed by atoms with Gasteiger partial charge in [-0.15, -0.1) is 0 Å². The average molecular weight is 323 g/mol. The van der Waals surface area contributed by atoms with Crippen LogP contribution in [0.25, 0.3) is 22.5 Å². The third kappa shape index (κ3) is 2.88. The molecule has 1 saturated heterocycles. The number of benzene rings is 1. The highest BCUT2D eigenvalue weighted by molar-refractivity contribution is 5.76. The maximum atomic E-state index is 13.4. The van der Waals surface area contributed by atoms with Gasteiger partial charge in [0, 0.05) is 43.5 Å². The molecule has 2 N–H and O–H groups in total. The van der Waals surface area contributed by atoms with E-state index < -0.39 is 0 Å². The second kappa shape index (κ2) is 6.41. The fraction of sp³-hybridized carbons (Fsp3) is 0.222. The number of piperazine rings is 1. The van der Waals surface area contributed by atoms with Gasteiger partial charge in [-0.3, -0.25) is 5.10 Å². The maximum Gasteiger partial charge on any atom is 0.138 e. The molecule has 0 aliphatic carbocycles. The molecule has 0 saturated carbocycles. The molecule has 4 rings (SSSR count). The summed E-state index contributed by atoms with van der Waals surface area (Å²) in [6.07, 6.45) is 1.81. The summed E-state index contributed by atoms with van der Waals surface area (Å²) < 4.78 is 13.4. The summed E-state index contributed by atoms with van der Waals surface area (Å²) in [5.41, 5.74) is 3.37. The van der Waals surface area contributed by atoms with Gasteiger partial charge in [-0.25, -0.2) is 9.37 Å². The van der Waals surface area contributed by atoms with Crippen molar-refractivity contribution in [1.82, 2.24) is 20.5 Å². The summed E-state index contributed by atoms with van der Waals surface area (Å²) in [5.74, 6) is 0.683. The molecular weight excluding hydrogens is 305 g/mol. The van der Waals surface area contributed by atoms with Crippen LogP contribution < -0.4 is 10.2 Å². The molecule has 1 aliphatic rings. The Morgan fingerprint density at radius 1 is 1.04 bits per heavy atom. The minimum absolute atomic E-state index is 0.258. The van der Waals surface area contributed by atoms with Crippen molar-refractivity contribution in [3.8, 4) is 22.5 Å². The van der Waals surface area contributed by atoms with Gasteiger partial charge in [0.15, 0.2) is 0 Å². The number of pyridine rings is 1. The lowest BCUT2D eigenvalue weighted by atomic mass is 10.1. The number of halogens is 1. The lowest BCUT2D eigenvalue weighted by Crippen LogP contribution is -2.44. The minimum Gasteiger partial charge on any atom is -0.354 e. The third-order valence-corrected chi connectivity index (χ3v) is 4.19. The molecule has 0 bridgehead atoms. The normalized spacial score (nSPS) is 14.8. The van der Waals surface area contributed by atoms with Gasteiger partial charge in [-0.1, -0.05) is 12.1 Å². The molecule has 3 heterocycles. The molecule has 0 unspecified atom stereocenters. The number of aromatic nitrogens is 3. The van der Waals surface area contributed by atoms with Crippen LogP contribution in [0.2, 0.25) is 0 Å². The fourth-order valence-electron chi connectivity index (χ4n) is 2.99. The van der Waals surface area contributed by atoms with Crippen molar-refractivity contribution in [2.45, 2.75) is 0 Å². The zero-order valence-corrected chi connectivity index (χ0v) is 13.2. The number of hydrogen-bond donors (Lipinski definition) is 2. The molecular formula is C18H18FN5. The van der Waals surface area contributed by atoms with Crippen molar-refractivity contribution >= 4 is 5.82 Å². The molecule has 3 aromatic rings. The van der Waals surface area contributed by atoms with E-state index >= 15 is 0 Å². The number of rotatable bonds is 3. The second-order valence-electron chi connectivity index (χ2n) is 5.79. The lowest BCUT2D eigenvalue weighted by molar-refractivity contribution is 0.585. The number of nitrogens with zero attached hydrogens (tertiary/aromatic N) is 3. The molecule has 122 valence electrons. The molecule has 1 aliphatic heterocycles.